The standard InChI is InChI=1S/C19H24N4O3/c1-13(2)12-17-18(19(24)21-10-4-5-11-21)14(3)22(20-17)15-6-8-16(9-7-15)23(25)26/h6-9,13H,4-5,10-12H2,1-3H3. The lowest BCUT2D eigenvalue weighted by Crippen LogP contribution is -2.29. The maximum Gasteiger partial charge on any atom is 0.269 e. The Kier molecular flexibility index (Phi) is 5.06. The predicted octanol–water partition coefficient (Wildman–Crippen LogP) is 3.52. The Morgan fingerprint density at radius 2 is 1.85 bits per heavy atom. The Labute approximate surface area is 152 Å². The molecule has 0 radical (unpaired) electrons. The molecule has 0 bridgehead atoms. The van der Waals surface area contributed by atoms with Gasteiger partial charge in [-0.25, -0.2) is 4.68 Å². The number of non-ortho nitro benzene ring substituents is 1. The highest BCUT2D eigenvalue weighted by atomic mass is 16.6. The number of nitrogens with zero attached hydrogens (tertiary/aromatic N) is 4. The van der Waals surface area contributed by atoms with Gasteiger partial charge >= 0.3 is 0 Å². The van der Waals surface area contributed by atoms with Gasteiger partial charge in [-0.15, -0.1) is 0 Å². The van der Waals surface area contributed by atoms with Crippen molar-refractivity contribution in [2.45, 2.75) is 40.0 Å². The first-order chi connectivity index (χ1) is 12.4. The normalized spacial score (nSPS) is 14.2. The number of carbonyl (C=O) groups excluding carboxylic acids is 1. The second-order valence-electron chi connectivity index (χ2n) is 7.19. The zero-order valence-corrected chi connectivity index (χ0v) is 15.4. The summed E-state index contributed by atoms with van der Waals surface area (Å²) in [5, 5.41) is 15.6. The van der Waals surface area contributed by atoms with E-state index in [9.17, 15) is 14.9 Å². The van der Waals surface area contributed by atoms with E-state index in [2.05, 4.69) is 18.9 Å². The van der Waals surface area contributed by atoms with Gasteiger partial charge in [-0.1, -0.05) is 13.8 Å². The summed E-state index contributed by atoms with van der Waals surface area (Å²) in [5.74, 6) is 0.420. The van der Waals surface area contributed by atoms with Crippen molar-refractivity contribution in [3.8, 4) is 5.69 Å². The van der Waals surface area contributed by atoms with Crippen LogP contribution in [0.1, 0.15) is 48.4 Å². The molecule has 1 aliphatic rings. The van der Waals surface area contributed by atoms with Gasteiger partial charge in [-0.3, -0.25) is 14.9 Å². The Bertz CT molecular complexity index is 818. The second-order valence-corrected chi connectivity index (χ2v) is 7.19. The Morgan fingerprint density at radius 1 is 1.23 bits per heavy atom. The smallest absolute Gasteiger partial charge is 0.269 e. The third-order valence-electron chi connectivity index (χ3n) is 4.70. The highest BCUT2D eigenvalue weighted by Crippen LogP contribution is 2.25. The molecule has 1 fully saturated rings. The molecule has 138 valence electrons. The van der Waals surface area contributed by atoms with E-state index < -0.39 is 4.92 Å². The largest absolute Gasteiger partial charge is 0.339 e. The zero-order valence-electron chi connectivity index (χ0n) is 15.4. The van der Waals surface area contributed by atoms with Crippen LogP contribution in [0.5, 0.6) is 0 Å². The molecule has 1 aromatic heterocycles. The fraction of sp³-hybridized carbons (Fsp3) is 0.474. The molecule has 0 unspecified atom stereocenters. The molecule has 7 nitrogen and oxygen atoms in total. The Balaban J connectivity index is 2.03. The van der Waals surface area contributed by atoms with Crippen molar-refractivity contribution in [1.29, 1.82) is 0 Å². The van der Waals surface area contributed by atoms with Crippen LogP contribution >= 0.6 is 0 Å². The van der Waals surface area contributed by atoms with Crippen molar-refractivity contribution in [3.05, 3.63) is 51.3 Å². The summed E-state index contributed by atoms with van der Waals surface area (Å²) in [4.78, 5) is 25.4. The summed E-state index contributed by atoms with van der Waals surface area (Å²) in [5.41, 5.74) is 3.02. The number of nitro groups is 1. The SMILES string of the molecule is Cc1c(C(=O)N2CCCC2)c(CC(C)C)nn1-c1ccc([N+](=O)[O-])cc1. The van der Waals surface area contributed by atoms with Gasteiger partial charge in [0.1, 0.15) is 0 Å². The highest BCUT2D eigenvalue weighted by Gasteiger charge is 2.28. The molecule has 1 aliphatic heterocycles. The molecule has 1 aromatic carbocycles. The van der Waals surface area contributed by atoms with Gasteiger partial charge in [0.25, 0.3) is 11.6 Å². The molecule has 2 heterocycles. The van der Waals surface area contributed by atoms with Crippen LogP contribution in [0.3, 0.4) is 0 Å². The van der Waals surface area contributed by atoms with Gasteiger partial charge < -0.3 is 4.90 Å². The van der Waals surface area contributed by atoms with E-state index in [1.807, 2.05) is 11.8 Å². The fourth-order valence-electron chi connectivity index (χ4n) is 3.41. The fourth-order valence-corrected chi connectivity index (χ4v) is 3.41. The highest BCUT2D eigenvalue weighted by molar-refractivity contribution is 5.96. The van der Waals surface area contributed by atoms with Crippen molar-refractivity contribution in [2.24, 2.45) is 5.92 Å². The molecular formula is C19H24N4O3. The van der Waals surface area contributed by atoms with Gasteiger partial charge in [0.2, 0.25) is 0 Å². The lowest BCUT2D eigenvalue weighted by molar-refractivity contribution is -0.384. The summed E-state index contributed by atoms with van der Waals surface area (Å²) in [6.45, 7) is 7.68. The monoisotopic (exact) mass is 356 g/mol. The van der Waals surface area contributed by atoms with Crippen molar-refractivity contribution in [2.75, 3.05) is 13.1 Å². The Hall–Kier alpha value is -2.70. The number of rotatable bonds is 5. The first kappa shape index (κ1) is 18.1. The molecule has 0 atom stereocenters. The molecule has 26 heavy (non-hydrogen) atoms. The van der Waals surface area contributed by atoms with Gasteiger partial charge in [-0.05, 0) is 44.2 Å². The summed E-state index contributed by atoms with van der Waals surface area (Å²) < 4.78 is 1.73. The average molecular weight is 356 g/mol. The van der Waals surface area contributed by atoms with Crippen LogP contribution in [-0.4, -0.2) is 38.6 Å². The molecule has 3 rings (SSSR count). The molecule has 0 saturated carbocycles. The van der Waals surface area contributed by atoms with Crippen LogP contribution in [0.2, 0.25) is 0 Å². The van der Waals surface area contributed by atoms with E-state index in [4.69, 9.17) is 0 Å². The topological polar surface area (TPSA) is 81.3 Å². The minimum atomic E-state index is -0.424. The van der Waals surface area contributed by atoms with Crippen LogP contribution in [0, 0.1) is 23.0 Å². The maximum absolute atomic E-state index is 13.0. The minimum absolute atomic E-state index is 0.0364. The molecule has 2 aromatic rings. The quantitative estimate of drug-likeness (QED) is 0.606. The van der Waals surface area contributed by atoms with Gasteiger partial charge in [0.15, 0.2) is 0 Å². The number of amides is 1. The van der Waals surface area contributed by atoms with Crippen LogP contribution in [-0.2, 0) is 6.42 Å². The number of hydrogen-bond donors (Lipinski definition) is 0. The Morgan fingerprint density at radius 3 is 2.38 bits per heavy atom. The minimum Gasteiger partial charge on any atom is -0.339 e. The molecular weight excluding hydrogens is 332 g/mol. The summed E-state index contributed by atoms with van der Waals surface area (Å²) >= 11 is 0. The second kappa shape index (κ2) is 7.27. The first-order valence-corrected chi connectivity index (χ1v) is 9.01. The predicted molar refractivity (Wildman–Crippen MR) is 98.6 cm³/mol. The molecule has 0 spiro atoms. The average Bonchev–Trinajstić information content (AvgIpc) is 3.22. The third-order valence-corrected chi connectivity index (χ3v) is 4.70. The van der Waals surface area contributed by atoms with E-state index in [0.29, 0.717) is 11.5 Å². The van der Waals surface area contributed by atoms with Crippen molar-refractivity contribution >= 4 is 11.6 Å². The number of hydrogen-bond acceptors (Lipinski definition) is 4. The summed E-state index contributed by atoms with van der Waals surface area (Å²) in [6, 6.07) is 6.25. The van der Waals surface area contributed by atoms with Gasteiger partial charge in [-0.2, -0.15) is 5.10 Å². The van der Waals surface area contributed by atoms with Crippen molar-refractivity contribution in [3.63, 3.8) is 0 Å². The number of carbonyl (C=O) groups is 1. The molecule has 0 N–H and O–H groups in total. The van der Waals surface area contributed by atoms with E-state index in [1.54, 1.807) is 16.8 Å². The lowest BCUT2D eigenvalue weighted by Gasteiger charge is -2.16. The van der Waals surface area contributed by atoms with Crippen molar-refractivity contribution in [1.82, 2.24) is 14.7 Å². The summed E-state index contributed by atoms with van der Waals surface area (Å²) in [7, 11) is 0. The molecule has 0 aliphatic carbocycles. The molecule has 1 saturated heterocycles. The van der Waals surface area contributed by atoms with Crippen LogP contribution in [0.25, 0.3) is 5.69 Å². The van der Waals surface area contributed by atoms with Crippen LogP contribution < -0.4 is 0 Å². The first-order valence-electron chi connectivity index (χ1n) is 9.01. The van der Waals surface area contributed by atoms with E-state index in [-0.39, 0.29) is 11.6 Å². The van der Waals surface area contributed by atoms with Crippen LogP contribution in [0.4, 0.5) is 5.69 Å². The van der Waals surface area contributed by atoms with Gasteiger partial charge in [0.05, 0.1) is 27.6 Å². The lowest BCUT2D eigenvalue weighted by atomic mass is 10.0. The number of likely N-dealkylation sites (tertiary alicyclic amines) is 1. The number of nitro benzene ring substituents is 1. The molecule has 7 heteroatoms. The molecule has 1 amide bonds. The number of benzene rings is 1. The summed E-state index contributed by atoms with van der Waals surface area (Å²) in [6.07, 6.45) is 2.80. The zero-order chi connectivity index (χ0) is 18.8. The van der Waals surface area contributed by atoms with E-state index >= 15 is 0 Å². The van der Waals surface area contributed by atoms with Crippen LogP contribution in [0.15, 0.2) is 24.3 Å². The van der Waals surface area contributed by atoms with E-state index in [0.717, 1.165) is 49.4 Å². The van der Waals surface area contributed by atoms with Crippen molar-refractivity contribution < 1.29 is 9.72 Å². The number of aromatic nitrogens is 2. The third kappa shape index (κ3) is 3.47. The van der Waals surface area contributed by atoms with Gasteiger partial charge in [0, 0.05) is 25.2 Å². The maximum atomic E-state index is 13.0. The van der Waals surface area contributed by atoms with E-state index in [1.165, 1.54) is 12.1 Å².